The lowest BCUT2D eigenvalue weighted by Gasteiger charge is -2.13. The number of hydrogen-bond donors (Lipinski definition) is 1. The largest absolute Gasteiger partial charge is 0.307 e. The molecule has 0 bridgehead atoms. The molecule has 5 heteroatoms. The van der Waals surface area contributed by atoms with Gasteiger partial charge in [-0.25, -0.2) is 9.07 Å². The van der Waals surface area contributed by atoms with Crippen LogP contribution in [0, 0.1) is 5.82 Å². The minimum Gasteiger partial charge on any atom is -0.307 e. The Morgan fingerprint density at radius 3 is 2.82 bits per heavy atom. The van der Waals surface area contributed by atoms with Crippen LogP contribution in [0.3, 0.4) is 0 Å². The maximum atomic E-state index is 13.5. The van der Waals surface area contributed by atoms with Gasteiger partial charge in [0.15, 0.2) is 0 Å². The number of carbonyl (C=O) groups excluding carboxylic acids is 1. The van der Waals surface area contributed by atoms with Crippen molar-refractivity contribution in [3.8, 4) is 0 Å². The summed E-state index contributed by atoms with van der Waals surface area (Å²) >= 11 is 0. The molecule has 0 aliphatic heterocycles. The molecule has 3 rings (SSSR count). The van der Waals surface area contributed by atoms with Crippen LogP contribution in [0.15, 0.2) is 42.6 Å². The standard InChI is InChI=1S/C17H18FN3O/c18-15-8-4-1-5-13(15)9-10-17(22)20-16-11-12-19-21(16)14-6-2-3-7-14/h1,4-5,8-12,14H,2-3,6-7H2,(H,20,22)/b10-9+. The molecule has 0 saturated heterocycles. The number of carbonyl (C=O) groups is 1. The van der Waals surface area contributed by atoms with Crippen molar-refractivity contribution in [2.75, 3.05) is 5.32 Å². The lowest BCUT2D eigenvalue weighted by molar-refractivity contribution is -0.111. The van der Waals surface area contributed by atoms with Gasteiger partial charge >= 0.3 is 0 Å². The second-order valence-corrected chi connectivity index (χ2v) is 5.44. The predicted octanol–water partition coefficient (Wildman–Crippen LogP) is 3.79. The molecule has 1 amide bonds. The molecule has 1 N–H and O–H groups in total. The van der Waals surface area contributed by atoms with Gasteiger partial charge in [0, 0.05) is 17.7 Å². The van der Waals surface area contributed by atoms with E-state index in [0.29, 0.717) is 17.4 Å². The molecule has 1 aliphatic carbocycles. The highest BCUT2D eigenvalue weighted by Crippen LogP contribution is 2.31. The molecular weight excluding hydrogens is 281 g/mol. The van der Waals surface area contributed by atoms with Crippen LogP contribution >= 0.6 is 0 Å². The van der Waals surface area contributed by atoms with Gasteiger partial charge in [0.05, 0.1) is 12.2 Å². The Balaban J connectivity index is 1.67. The molecule has 0 unspecified atom stereocenters. The van der Waals surface area contributed by atoms with E-state index in [2.05, 4.69) is 10.4 Å². The van der Waals surface area contributed by atoms with Gasteiger partial charge in [0.1, 0.15) is 11.6 Å². The fourth-order valence-electron chi connectivity index (χ4n) is 2.80. The number of anilines is 1. The van der Waals surface area contributed by atoms with E-state index in [1.807, 2.05) is 4.68 Å². The minimum absolute atomic E-state index is 0.289. The van der Waals surface area contributed by atoms with Gasteiger partial charge < -0.3 is 5.32 Å². The van der Waals surface area contributed by atoms with Crippen LogP contribution in [-0.2, 0) is 4.79 Å². The van der Waals surface area contributed by atoms with Crippen molar-refractivity contribution in [1.29, 1.82) is 0 Å². The lowest BCUT2D eigenvalue weighted by Crippen LogP contribution is -2.15. The number of nitrogens with zero attached hydrogens (tertiary/aromatic N) is 2. The summed E-state index contributed by atoms with van der Waals surface area (Å²) in [5.74, 6) is 0.0561. The van der Waals surface area contributed by atoms with Crippen LogP contribution in [-0.4, -0.2) is 15.7 Å². The number of hydrogen-bond acceptors (Lipinski definition) is 2. The number of nitrogens with one attached hydrogen (secondary N) is 1. The Morgan fingerprint density at radius 2 is 2.05 bits per heavy atom. The second kappa shape index (κ2) is 6.56. The summed E-state index contributed by atoms with van der Waals surface area (Å²) in [6.07, 6.45) is 9.08. The van der Waals surface area contributed by atoms with Crippen molar-refractivity contribution in [2.45, 2.75) is 31.7 Å². The average Bonchev–Trinajstić information content (AvgIpc) is 3.17. The first-order valence-electron chi connectivity index (χ1n) is 7.51. The van der Waals surface area contributed by atoms with Gasteiger partial charge in [0.2, 0.25) is 5.91 Å². The van der Waals surface area contributed by atoms with Crippen LogP contribution in [0.25, 0.3) is 6.08 Å². The Hall–Kier alpha value is -2.43. The molecule has 2 aromatic rings. The summed E-state index contributed by atoms with van der Waals surface area (Å²) in [5.41, 5.74) is 0.391. The van der Waals surface area contributed by atoms with Gasteiger partial charge in [-0.15, -0.1) is 0 Å². The molecule has 1 aromatic carbocycles. The van der Waals surface area contributed by atoms with E-state index in [0.717, 1.165) is 12.8 Å². The van der Waals surface area contributed by atoms with E-state index < -0.39 is 0 Å². The Morgan fingerprint density at radius 1 is 1.27 bits per heavy atom. The van der Waals surface area contributed by atoms with Crippen LogP contribution in [0.4, 0.5) is 10.2 Å². The molecule has 1 fully saturated rings. The van der Waals surface area contributed by atoms with Gasteiger partial charge in [0.25, 0.3) is 0 Å². The number of benzene rings is 1. The summed E-state index contributed by atoms with van der Waals surface area (Å²) in [4.78, 5) is 12.0. The van der Waals surface area contributed by atoms with E-state index in [1.165, 1.54) is 31.1 Å². The molecule has 0 atom stereocenters. The molecule has 22 heavy (non-hydrogen) atoms. The first-order valence-corrected chi connectivity index (χ1v) is 7.51. The predicted molar refractivity (Wildman–Crippen MR) is 83.8 cm³/mol. The molecule has 114 valence electrons. The van der Waals surface area contributed by atoms with Gasteiger partial charge in [-0.05, 0) is 25.0 Å². The minimum atomic E-state index is -0.345. The van der Waals surface area contributed by atoms with Crippen LogP contribution in [0.1, 0.15) is 37.3 Å². The highest BCUT2D eigenvalue weighted by atomic mass is 19.1. The van der Waals surface area contributed by atoms with E-state index in [-0.39, 0.29) is 11.7 Å². The molecule has 4 nitrogen and oxygen atoms in total. The summed E-state index contributed by atoms with van der Waals surface area (Å²) in [6, 6.07) is 8.49. The smallest absolute Gasteiger partial charge is 0.249 e. The van der Waals surface area contributed by atoms with Crippen molar-refractivity contribution >= 4 is 17.8 Å². The molecule has 1 aliphatic rings. The first-order chi connectivity index (χ1) is 10.7. The Bertz CT molecular complexity index is 687. The third-order valence-electron chi connectivity index (χ3n) is 3.91. The molecule has 1 heterocycles. The molecular formula is C17H18FN3O. The third kappa shape index (κ3) is 3.24. The normalized spacial score (nSPS) is 15.5. The molecule has 1 saturated carbocycles. The van der Waals surface area contributed by atoms with Gasteiger partial charge in [-0.3, -0.25) is 4.79 Å². The van der Waals surface area contributed by atoms with E-state index in [9.17, 15) is 9.18 Å². The Kier molecular flexibility index (Phi) is 4.32. The van der Waals surface area contributed by atoms with Crippen molar-refractivity contribution in [2.24, 2.45) is 0 Å². The summed E-state index contributed by atoms with van der Waals surface area (Å²) in [7, 11) is 0. The second-order valence-electron chi connectivity index (χ2n) is 5.44. The maximum absolute atomic E-state index is 13.5. The highest BCUT2D eigenvalue weighted by molar-refractivity contribution is 6.01. The number of rotatable bonds is 4. The average molecular weight is 299 g/mol. The van der Waals surface area contributed by atoms with Crippen LogP contribution < -0.4 is 5.32 Å². The van der Waals surface area contributed by atoms with E-state index >= 15 is 0 Å². The van der Waals surface area contributed by atoms with Crippen LogP contribution in [0.5, 0.6) is 0 Å². The van der Waals surface area contributed by atoms with E-state index in [1.54, 1.807) is 30.5 Å². The monoisotopic (exact) mass is 299 g/mol. The number of aromatic nitrogens is 2. The zero-order valence-electron chi connectivity index (χ0n) is 12.2. The highest BCUT2D eigenvalue weighted by Gasteiger charge is 2.20. The summed E-state index contributed by atoms with van der Waals surface area (Å²) in [5, 5.41) is 7.11. The fraction of sp³-hybridized carbons (Fsp3) is 0.294. The fourth-order valence-corrected chi connectivity index (χ4v) is 2.80. The zero-order valence-corrected chi connectivity index (χ0v) is 12.2. The van der Waals surface area contributed by atoms with Crippen LogP contribution in [0.2, 0.25) is 0 Å². The van der Waals surface area contributed by atoms with Gasteiger partial charge in [-0.1, -0.05) is 31.0 Å². The van der Waals surface area contributed by atoms with Crippen molar-refractivity contribution in [3.05, 3.63) is 54.0 Å². The van der Waals surface area contributed by atoms with E-state index in [4.69, 9.17) is 0 Å². The van der Waals surface area contributed by atoms with Crippen molar-refractivity contribution < 1.29 is 9.18 Å². The topological polar surface area (TPSA) is 46.9 Å². The Labute approximate surface area is 128 Å². The van der Waals surface area contributed by atoms with Crippen molar-refractivity contribution in [1.82, 2.24) is 9.78 Å². The third-order valence-corrected chi connectivity index (χ3v) is 3.91. The lowest BCUT2D eigenvalue weighted by atomic mass is 10.2. The molecule has 0 spiro atoms. The first kappa shape index (κ1) is 14.5. The maximum Gasteiger partial charge on any atom is 0.249 e. The number of halogens is 1. The zero-order chi connectivity index (χ0) is 15.4. The SMILES string of the molecule is O=C(/C=C/c1ccccc1F)Nc1ccnn1C1CCCC1. The summed E-state index contributed by atoms with van der Waals surface area (Å²) < 4.78 is 15.4. The number of amides is 1. The molecule has 1 aromatic heterocycles. The van der Waals surface area contributed by atoms with Gasteiger partial charge in [-0.2, -0.15) is 5.10 Å². The quantitative estimate of drug-likeness (QED) is 0.873. The summed E-state index contributed by atoms with van der Waals surface area (Å²) in [6.45, 7) is 0. The van der Waals surface area contributed by atoms with Crippen molar-refractivity contribution in [3.63, 3.8) is 0 Å². The molecule has 0 radical (unpaired) electrons.